The zero-order valence-corrected chi connectivity index (χ0v) is 9.83. The van der Waals surface area contributed by atoms with Gasteiger partial charge in [-0.2, -0.15) is 5.26 Å². The maximum atomic E-state index is 11.7. The molecule has 0 unspecified atom stereocenters. The van der Waals surface area contributed by atoms with Crippen LogP contribution < -0.4 is 0 Å². The predicted molar refractivity (Wildman–Crippen MR) is 61.2 cm³/mol. The number of hydrogen-bond acceptors (Lipinski definition) is 3. The Morgan fingerprint density at radius 2 is 2.12 bits per heavy atom. The van der Waals surface area contributed by atoms with Crippen molar-refractivity contribution < 1.29 is 9.53 Å². The fraction of sp³-hybridized carbons (Fsp3) is 0.385. The molecule has 0 atom stereocenters. The summed E-state index contributed by atoms with van der Waals surface area (Å²) in [6.45, 7) is 6.00. The average molecular weight is 217 g/mol. The smallest absolute Gasteiger partial charge is 0.338 e. The van der Waals surface area contributed by atoms with Gasteiger partial charge in [-0.3, -0.25) is 0 Å². The van der Waals surface area contributed by atoms with Crippen LogP contribution in [0.25, 0.3) is 0 Å². The van der Waals surface area contributed by atoms with E-state index in [9.17, 15) is 4.79 Å². The van der Waals surface area contributed by atoms with Gasteiger partial charge in [-0.1, -0.05) is 6.92 Å². The Morgan fingerprint density at radius 3 is 2.62 bits per heavy atom. The SMILES string of the molecule is CCOC(=O)c1cc(C#N)cc(C)c1CC. The lowest BCUT2D eigenvalue weighted by Gasteiger charge is -2.10. The standard InChI is InChI=1S/C13H15NO2/c1-4-11-9(3)6-10(8-14)7-12(11)13(15)16-5-2/h6-7H,4-5H2,1-3H3. The van der Waals surface area contributed by atoms with E-state index in [1.54, 1.807) is 19.1 Å². The molecule has 1 aromatic rings. The first-order valence-corrected chi connectivity index (χ1v) is 5.34. The van der Waals surface area contributed by atoms with Gasteiger partial charge in [0.05, 0.1) is 23.8 Å². The molecule has 0 aliphatic heterocycles. The molecule has 0 amide bonds. The Hall–Kier alpha value is -1.82. The third-order valence-corrected chi connectivity index (χ3v) is 2.45. The Labute approximate surface area is 95.7 Å². The van der Waals surface area contributed by atoms with Gasteiger partial charge >= 0.3 is 5.97 Å². The van der Waals surface area contributed by atoms with E-state index < -0.39 is 0 Å². The summed E-state index contributed by atoms with van der Waals surface area (Å²) in [4.78, 5) is 11.7. The Kier molecular flexibility index (Phi) is 4.07. The predicted octanol–water partition coefficient (Wildman–Crippen LogP) is 2.61. The number of esters is 1. The van der Waals surface area contributed by atoms with Crippen molar-refractivity contribution in [3.8, 4) is 6.07 Å². The molecule has 0 aromatic heterocycles. The maximum absolute atomic E-state index is 11.7. The molecule has 0 spiro atoms. The lowest BCUT2D eigenvalue weighted by molar-refractivity contribution is 0.0525. The van der Waals surface area contributed by atoms with Crippen LogP contribution in [0.15, 0.2) is 12.1 Å². The highest BCUT2D eigenvalue weighted by Gasteiger charge is 2.14. The molecule has 1 aromatic carbocycles. The van der Waals surface area contributed by atoms with Gasteiger partial charge in [0.2, 0.25) is 0 Å². The summed E-state index contributed by atoms with van der Waals surface area (Å²) in [7, 11) is 0. The molecule has 0 N–H and O–H groups in total. The van der Waals surface area contributed by atoms with Crippen LogP contribution in [0.2, 0.25) is 0 Å². The van der Waals surface area contributed by atoms with Gasteiger partial charge in [-0.15, -0.1) is 0 Å². The van der Waals surface area contributed by atoms with E-state index in [1.165, 1.54) is 0 Å². The van der Waals surface area contributed by atoms with Crippen molar-refractivity contribution in [3.63, 3.8) is 0 Å². The molecule has 0 aliphatic rings. The van der Waals surface area contributed by atoms with Crippen LogP contribution in [0.5, 0.6) is 0 Å². The van der Waals surface area contributed by atoms with Crippen LogP contribution in [0.4, 0.5) is 0 Å². The lowest BCUT2D eigenvalue weighted by Crippen LogP contribution is -2.09. The number of hydrogen-bond donors (Lipinski definition) is 0. The third kappa shape index (κ3) is 2.40. The number of rotatable bonds is 3. The summed E-state index contributed by atoms with van der Waals surface area (Å²) in [5.41, 5.74) is 2.93. The van der Waals surface area contributed by atoms with Gasteiger partial charge in [0.1, 0.15) is 0 Å². The number of ether oxygens (including phenoxy) is 1. The minimum absolute atomic E-state index is 0.345. The van der Waals surface area contributed by atoms with E-state index in [4.69, 9.17) is 10.00 Å². The first-order chi connectivity index (χ1) is 7.63. The number of nitriles is 1. The van der Waals surface area contributed by atoms with Gasteiger partial charge in [0.15, 0.2) is 0 Å². The van der Waals surface area contributed by atoms with Crippen molar-refractivity contribution in [2.24, 2.45) is 0 Å². The molecule has 16 heavy (non-hydrogen) atoms. The van der Waals surface area contributed by atoms with Crippen molar-refractivity contribution in [2.75, 3.05) is 6.61 Å². The highest BCUT2D eigenvalue weighted by Crippen LogP contribution is 2.18. The molecule has 0 radical (unpaired) electrons. The fourth-order valence-electron chi connectivity index (χ4n) is 1.74. The minimum atomic E-state index is -0.348. The quantitative estimate of drug-likeness (QED) is 0.731. The summed E-state index contributed by atoms with van der Waals surface area (Å²) in [6, 6.07) is 5.44. The van der Waals surface area contributed by atoms with Crippen molar-refractivity contribution >= 4 is 5.97 Å². The first kappa shape index (κ1) is 12.3. The van der Waals surface area contributed by atoms with Crippen molar-refractivity contribution in [1.29, 1.82) is 5.26 Å². The molecule has 3 nitrogen and oxygen atoms in total. The number of aryl methyl sites for hydroxylation is 1. The molecule has 0 saturated heterocycles. The van der Waals surface area contributed by atoms with E-state index >= 15 is 0 Å². The van der Waals surface area contributed by atoms with E-state index in [2.05, 4.69) is 0 Å². The van der Waals surface area contributed by atoms with Gasteiger partial charge < -0.3 is 4.74 Å². The van der Waals surface area contributed by atoms with Crippen LogP contribution in [0, 0.1) is 18.3 Å². The molecule has 0 heterocycles. The van der Waals surface area contributed by atoms with Crippen LogP contribution >= 0.6 is 0 Å². The molecule has 3 heteroatoms. The molecule has 0 bridgehead atoms. The van der Waals surface area contributed by atoms with E-state index in [-0.39, 0.29) is 5.97 Å². The first-order valence-electron chi connectivity index (χ1n) is 5.34. The molecule has 0 saturated carbocycles. The lowest BCUT2D eigenvalue weighted by atomic mass is 9.97. The zero-order valence-electron chi connectivity index (χ0n) is 9.83. The maximum Gasteiger partial charge on any atom is 0.338 e. The molecule has 1 rings (SSSR count). The summed E-state index contributed by atoms with van der Waals surface area (Å²) in [6.07, 6.45) is 0.756. The van der Waals surface area contributed by atoms with Crippen molar-refractivity contribution in [2.45, 2.75) is 27.2 Å². The second kappa shape index (κ2) is 5.32. The molecular weight excluding hydrogens is 202 g/mol. The van der Waals surface area contributed by atoms with Gasteiger partial charge in [-0.25, -0.2) is 4.79 Å². The van der Waals surface area contributed by atoms with E-state index in [1.807, 2.05) is 19.9 Å². The monoisotopic (exact) mass is 217 g/mol. The normalized spacial score (nSPS) is 9.62. The Bertz CT molecular complexity index is 444. The second-order valence-electron chi connectivity index (χ2n) is 3.51. The summed E-state index contributed by atoms with van der Waals surface area (Å²) in [5, 5.41) is 8.86. The third-order valence-electron chi connectivity index (χ3n) is 2.45. The number of carbonyl (C=O) groups excluding carboxylic acids is 1. The number of benzene rings is 1. The zero-order chi connectivity index (χ0) is 12.1. The van der Waals surface area contributed by atoms with Crippen molar-refractivity contribution in [3.05, 3.63) is 34.4 Å². The van der Waals surface area contributed by atoms with Crippen molar-refractivity contribution in [1.82, 2.24) is 0 Å². The topological polar surface area (TPSA) is 50.1 Å². The molecular formula is C13H15NO2. The van der Waals surface area contributed by atoms with Gasteiger partial charge in [0.25, 0.3) is 0 Å². The molecule has 0 fully saturated rings. The van der Waals surface area contributed by atoms with Crippen LogP contribution in [-0.2, 0) is 11.2 Å². The Balaban J connectivity index is 3.29. The van der Waals surface area contributed by atoms with E-state index in [0.717, 1.165) is 17.5 Å². The van der Waals surface area contributed by atoms with Crippen LogP contribution in [0.3, 0.4) is 0 Å². The summed E-state index contributed by atoms with van der Waals surface area (Å²) < 4.78 is 4.98. The fourth-order valence-corrected chi connectivity index (χ4v) is 1.74. The molecule has 0 aliphatic carbocycles. The highest BCUT2D eigenvalue weighted by molar-refractivity contribution is 5.92. The Morgan fingerprint density at radius 1 is 1.44 bits per heavy atom. The average Bonchev–Trinajstić information content (AvgIpc) is 2.28. The largest absolute Gasteiger partial charge is 0.462 e. The summed E-state index contributed by atoms with van der Waals surface area (Å²) >= 11 is 0. The number of carbonyl (C=O) groups is 1. The van der Waals surface area contributed by atoms with Gasteiger partial charge in [0, 0.05) is 0 Å². The highest BCUT2D eigenvalue weighted by atomic mass is 16.5. The number of nitrogens with zero attached hydrogens (tertiary/aromatic N) is 1. The van der Waals surface area contributed by atoms with Gasteiger partial charge in [-0.05, 0) is 43.5 Å². The second-order valence-corrected chi connectivity index (χ2v) is 3.51. The van der Waals surface area contributed by atoms with E-state index in [0.29, 0.717) is 17.7 Å². The summed E-state index contributed by atoms with van der Waals surface area (Å²) in [5.74, 6) is -0.348. The molecule has 84 valence electrons. The van der Waals surface area contributed by atoms with Crippen LogP contribution in [-0.4, -0.2) is 12.6 Å². The minimum Gasteiger partial charge on any atom is -0.462 e. The van der Waals surface area contributed by atoms with Crippen LogP contribution in [0.1, 0.15) is 40.9 Å².